The van der Waals surface area contributed by atoms with E-state index in [4.69, 9.17) is 5.11 Å². The minimum absolute atomic E-state index is 0.270. The second kappa shape index (κ2) is 4.61. The third kappa shape index (κ3) is 5.64. The monoisotopic (exact) mass is 187 g/mol. The Kier molecular flexibility index (Phi) is 4.40. The first-order chi connectivity index (χ1) is 5.74. The minimum atomic E-state index is -0.753. The molecule has 0 aliphatic rings. The van der Waals surface area contributed by atoms with Crippen LogP contribution in [0.5, 0.6) is 0 Å². The molecule has 1 N–H and O–H groups in total. The van der Waals surface area contributed by atoms with E-state index >= 15 is 0 Å². The zero-order chi connectivity index (χ0) is 10.6. The molecule has 0 bridgehead atoms. The number of nitrogens with zero attached hydrogens (tertiary/aromatic N) is 1. The molecule has 1 atom stereocenters. The Balaban J connectivity index is 3.88. The zero-order valence-electron chi connectivity index (χ0n) is 9.29. The highest BCUT2D eigenvalue weighted by Gasteiger charge is 2.18. The molecule has 0 amide bonds. The van der Waals surface area contributed by atoms with Crippen molar-refractivity contribution in [1.29, 1.82) is 0 Å². The van der Waals surface area contributed by atoms with E-state index in [-0.39, 0.29) is 11.5 Å². The fraction of sp³-hybridized carbons (Fsp3) is 0.900. The standard InChI is InChI=1S/C10H21NO2/c1-8(9(12)13)11(5)7-6-10(2,3)4/h8H,6-7H2,1-5H3,(H,12,13). The zero-order valence-corrected chi connectivity index (χ0v) is 9.29. The lowest BCUT2D eigenvalue weighted by Crippen LogP contribution is -2.37. The van der Waals surface area contributed by atoms with Crippen LogP contribution in [-0.4, -0.2) is 35.6 Å². The van der Waals surface area contributed by atoms with Crippen molar-refractivity contribution in [3.8, 4) is 0 Å². The van der Waals surface area contributed by atoms with Gasteiger partial charge in [-0.1, -0.05) is 20.8 Å². The first-order valence-corrected chi connectivity index (χ1v) is 4.67. The van der Waals surface area contributed by atoms with Crippen molar-refractivity contribution in [3.05, 3.63) is 0 Å². The van der Waals surface area contributed by atoms with Crippen molar-refractivity contribution < 1.29 is 9.90 Å². The Morgan fingerprint density at radius 1 is 1.46 bits per heavy atom. The fourth-order valence-corrected chi connectivity index (χ4v) is 0.894. The number of rotatable bonds is 4. The molecule has 0 radical (unpaired) electrons. The molecule has 0 fully saturated rings. The van der Waals surface area contributed by atoms with Gasteiger partial charge in [0.05, 0.1) is 0 Å². The Labute approximate surface area is 80.7 Å². The molecule has 0 aromatic heterocycles. The summed E-state index contributed by atoms with van der Waals surface area (Å²) >= 11 is 0. The highest BCUT2D eigenvalue weighted by atomic mass is 16.4. The van der Waals surface area contributed by atoms with Gasteiger partial charge in [-0.15, -0.1) is 0 Å². The summed E-state index contributed by atoms with van der Waals surface area (Å²) in [6.07, 6.45) is 1.01. The highest BCUT2D eigenvalue weighted by molar-refractivity contribution is 5.72. The van der Waals surface area contributed by atoms with Gasteiger partial charge in [0.25, 0.3) is 0 Å². The predicted molar refractivity (Wildman–Crippen MR) is 53.8 cm³/mol. The maximum Gasteiger partial charge on any atom is 0.320 e. The Morgan fingerprint density at radius 2 is 1.92 bits per heavy atom. The molecule has 0 aromatic rings. The second-order valence-corrected chi connectivity index (χ2v) is 4.81. The van der Waals surface area contributed by atoms with E-state index in [2.05, 4.69) is 20.8 Å². The third-order valence-electron chi connectivity index (χ3n) is 2.23. The van der Waals surface area contributed by atoms with Gasteiger partial charge >= 0.3 is 5.97 Å². The van der Waals surface area contributed by atoms with Crippen LogP contribution in [-0.2, 0) is 4.79 Å². The highest BCUT2D eigenvalue weighted by Crippen LogP contribution is 2.18. The van der Waals surface area contributed by atoms with Gasteiger partial charge in [-0.3, -0.25) is 9.69 Å². The van der Waals surface area contributed by atoms with Crippen molar-refractivity contribution in [3.63, 3.8) is 0 Å². The van der Waals surface area contributed by atoms with Crippen molar-refractivity contribution in [2.24, 2.45) is 5.41 Å². The van der Waals surface area contributed by atoms with E-state index < -0.39 is 5.97 Å². The number of carbonyl (C=O) groups is 1. The van der Waals surface area contributed by atoms with Gasteiger partial charge in [0, 0.05) is 0 Å². The SMILES string of the molecule is CC(C(=O)O)N(C)CCC(C)(C)C. The first kappa shape index (κ1) is 12.4. The number of carboxylic acids is 1. The Bertz CT molecular complexity index is 172. The van der Waals surface area contributed by atoms with Crippen LogP contribution in [0.3, 0.4) is 0 Å². The van der Waals surface area contributed by atoms with Crippen LogP contribution in [0.1, 0.15) is 34.1 Å². The van der Waals surface area contributed by atoms with Gasteiger partial charge in [-0.05, 0) is 32.4 Å². The van der Waals surface area contributed by atoms with Crippen LogP contribution in [0, 0.1) is 5.41 Å². The summed E-state index contributed by atoms with van der Waals surface area (Å²) in [4.78, 5) is 12.5. The van der Waals surface area contributed by atoms with Gasteiger partial charge in [0.1, 0.15) is 6.04 Å². The molecule has 0 saturated heterocycles. The Hall–Kier alpha value is -0.570. The molecule has 78 valence electrons. The van der Waals surface area contributed by atoms with Crippen molar-refractivity contribution in [2.75, 3.05) is 13.6 Å². The van der Waals surface area contributed by atoms with Crippen LogP contribution in [0.15, 0.2) is 0 Å². The van der Waals surface area contributed by atoms with Gasteiger partial charge in [0.2, 0.25) is 0 Å². The lowest BCUT2D eigenvalue weighted by atomic mass is 9.92. The number of hydrogen-bond acceptors (Lipinski definition) is 2. The summed E-state index contributed by atoms with van der Waals surface area (Å²) in [7, 11) is 1.85. The van der Waals surface area contributed by atoms with Gasteiger partial charge in [0.15, 0.2) is 0 Å². The van der Waals surface area contributed by atoms with Crippen LogP contribution >= 0.6 is 0 Å². The smallest absolute Gasteiger partial charge is 0.320 e. The normalized spacial score (nSPS) is 14.6. The third-order valence-corrected chi connectivity index (χ3v) is 2.23. The first-order valence-electron chi connectivity index (χ1n) is 4.67. The van der Waals surface area contributed by atoms with E-state index in [1.54, 1.807) is 6.92 Å². The molecule has 1 unspecified atom stereocenters. The maximum absolute atomic E-state index is 10.6. The van der Waals surface area contributed by atoms with Gasteiger partial charge in [-0.2, -0.15) is 0 Å². The summed E-state index contributed by atoms with van der Waals surface area (Å²) in [6, 6.07) is -0.387. The lowest BCUT2D eigenvalue weighted by molar-refractivity contribution is -0.142. The Morgan fingerprint density at radius 3 is 2.23 bits per heavy atom. The molecule has 0 rings (SSSR count). The predicted octanol–water partition coefficient (Wildman–Crippen LogP) is 1.83. The van der Waals surface area contributed by atoms with Crippen LogP contribution in [0.2, 0.25) is 0 Å². The molecular formula is C10H21NO2. The summed E-state index contributed by atoms with van der Waals surface area (Å²) in [5.41, 5.74) is 0.270. The molecule has 0 aliphatic carbocycles. The van der Waals surface area contributed by atoms with E-state index in [1.165, 1.54) is 0 Å². The van der Waals surface area contributed by atoms with Crippen molar-refractivity contribution in [2.45, 2.75) is 40.2 Å². The maximum atomic E-state index is 10.6. The molecule has 0 aromatic carbocycles. The second-order valence-electron chi connectivity index (χ2n) is 4.81. The summed E-state index contributed by atoms with van der Waals surface area (Å²) in [5, 5.41) is 8.74. The summed E-state index contributed by atoms with van der Waals surface area (Å²) in [5.74, 6) is -0.753. The van der Waals surface area contributed by atoms with Crippen molar-refractivity contribution >= 4 is 5.97 Å². The van der Waals surface area contributed by atoms with E-state index in [0.717, 1.165) is 13.0 Å². The lowest BCUT2D eigenvalue weighted by Gasteiger charge is -2.25. The molecule has 0 heterocycles. The average molecular weight is 187 g/mol. The molecule has 0 aliphatic heterocycles. The number of carboxylic acid groups (broad SMARTS) is 1. The van der Waals surface area contributed by atoms with Crippen LogP contribution < -0.4 is 0 Å². The minimum Gasteiger partial charge on any atom is -0.480 e. The topological polar surface area (TPSA) is 40.5 Å². The van der Waals surface area contributed by atoms with E-state index in [1.807, 2.05) is 11.9 Å². The van der Waals surface area contributed by atoms with Gasteiger partial charge < -0.3 is 5.11 Å². The summed E-state index contributed by atoms with van der Waals surface area (Å²) < 4.78 is 0. The van der Waals surface area contributed by atoms with Crippen LogP contribution in [0.25, 0.3) is 0 Å². The van der Waals surface area contributed by atoms with Crippen LogP contribution in [0.4, 0.5) is 0 Å². The molecule has 0 saturated carbocycles. The number of likely N-dealkylation sites (N-methyl/N-ethyl adjacent to an activating group) is 1. The van der Waals surface area contributed by atoms with E-state index in [9.17, 15) is 4.79 Å². The number of aliphatic carboxylic acids is 1. The quantitative estimate of drug-likeness (QED) is 0.730. The van der Waals surface area contributed by atoms with Gasteiger partial charge in [-0.25, -0.2) is 0 Å². The number of hydrogen-bond donors (Lipinski definition) is 1. The molecule has 0 spiro atoms. The largest absolute Gasteiger partial charge is 0.480 e. The fourth-order valence-electron chi connectivity index (χ4n) is 0.894. The molecular weight excluding hydrogens is 166 g/mol. The molecule has 3 nitrogen and oxygen atoms in total. The molecule has 13 heavy (non-hydrogen) atoms. The molecule has 3 heteroatoms. The average Bonchev–Trinajstić information content (AvgIpc) is 1.97. The van der Waals surface area contributed by atoms with Crippen molar-refractivity contribution in [1.82, 2.24) is 4.90 Å². The van der Waals surface area contributed by atoms with E-state index in [0.29, 0.717) is 0 Å². The summed E-state index contributed by atoms with van der Waals surface area (Å²) in [6.45, 7) is 9.02.